The van der Waals surface area contributed by atoms with Crippen LogP contribution < -0.4 is 10.1 Å². The Hall–Kier alpha value is -2.49. The predicted molar refractivity (Wildman–Crippen MR) is 96.3 cm³/mol. The fourth-order valence-corrected chi connectivity index (χ4v) is 3.38. The first kappa shape index (κ1) is 20.2. The van der Waals surface area contributed by atoms with Crippen molar-refractivity contribution in [3.63, 3.8) is 0 Å². The van der Waals surface area contributed by atoms with Crippen molar-refractivity contribution in [3.8, 4) is 5.75 Å². The van der Waals surface area contributed by atoms with Gasteiger partial charge in [0.15, 0.2) is 12.5 Å². The maximum absolute atomic E-state index is 12.8. The zero-order valence-corrected chi connectivity index (χ0v) is 15.8. The Morgan fingerprint density at radius 2 is 1.93 bits per heavy atom. The van der Waals surface area contributed by atoms with Crippen molar-refractivity contribution in [2.75, 3.05) is 19.8 Å². The van der Waals surface area contributed by atoms with Crippen molar-refractivity contribution in [3.05, 3.63) is 29.3 Å². The molecule has 0 aliphatic carbocycles. The Bertz CT molecular complexity index is 761. The third-order valence-corrected chi connectivity index (χ3v) is 4.67. The molecular formula is C19H24N2O7. The largest absolute Gasteiger partial charge is 0.488 e. The molecule has 2 atom stereocenters. The molecule has 2 aliphatic rings. The molecular weight excluding hydrogens is 368 g/mol. The number of carbonyl (C=O) groups is 3. The van der Waals surface area contributed by atoms with Crippen LogP contribution in [0, 0.1) is 0 Å². The van der Waals surface area contributed by atoms with E-state index >= 15 is 0 Å². The van der Waals surface area contributed by atoms with E-state index in [1.54, 1.807) is 12.1 Å². The van der Waals surface area contributed by atoms with Gasteiger partial charge in [0, 0.05) is 25.2 Å². The van der Waals surface area contributed by atoms with E-state index in [2.05, 4.69) is 5.32 Å². The first-order valence-corrected chi connectivity index (χ1v) is 9.30. The highest BCUT2D eigenvalue weighted by atomic mass is 16.7. The second-order valence-electron chi connectivity index (χ2n) is 6.45. The predicted octanol–water partition coefficient (Wildman–Crippen LogP) is 0.716. The topological polar surface area (TPSA) is 114 Å². The second kappa shape index (κ2) is 8.68. The normalized spacial score (nSPS) is 21.9. The van der Waals surface area contributed by atoms with Gasteiger partial charge >= 0.3 is 0 Å². The van der Waals surface area contributed by atoms with Crippen molar-refractivity contribution in [2.45, 2.75) is 45.2 Å². The monoisotopic (exact) mass is 392 g/mol. The number of nitrogens with one attached hydrogen (secondary N) is 1. The Kier molecular flexibility index (Phi) is 6.28. The lowest BCUT2D eigenvalue weighted by Gasteiger charge is -2.31. The number of hydrogen-bond donors (Lipinski definition) is 2. The minimum atomic E-state index is -1.25. The fraction of sp³-hybridized carbons (Fsp3) is 0.526. The number of piperidine rings is 1. The van der Waals surface area contributed by atoms with Gasteiger partial charge in [-0.1, -0.05) is 6.07 Å². The summed E-state index contributed by atoms with van der Waals surface area (Å²) in [6, 6.07) is 3.87. The highest BCUT2D eigenvalue weighted by Gasteiger charge is 2.44. The molecule has 1 aromatic carbocycles. The van der Waals surface area contributed by atoms with Crippen molar-refractivity contribution < 1.29 is 33.7 Å². The van der Waals surface area contributed by atoms with Crippen LogP contribution in [0.1, 0.15) is 48.8 Å². The third-order valence-electron chi connectivity index (χ3n) is 4.67. The maximum Gasteiger partial charge on any atom is 0.257 e. The molecule has 0 spiro atoms. The molecule has 3 rings (SSSR count). The molecule has 2 unspecified atom stereocenters. The first-order valence-electron chi connectivity index (χ1n) is 9.30. The van der Waals surface area contributed by atoms with Gasteiger partial charge in [-0.25, -0.2) is 0 Å². The number of hydrogen-bond acceptors (Lipinski definition) is 7. The van der Waals surface area contributed by atoms with Crippen molar-refractivity contribution in [2.24, 2.45) is 0 Å². The molecule has 2 heterocycles. The Morgan fingerprint density at radius 1 is 1.21 bits per heavy atom. The van der Waals surface area contributed by atoms with Crippen molar-refractivity contribution in [1.82, 2.24) is 10.2 Å². The van der Waals surface area contributed by atoms with Crippen LogP contribution in [0.3, 0.4) is 0 Å². The second-order valence-corrected chi connectivity index (χ2v) is 6.45. The minimum absolute atomic E-state index is 0.119. The molecule has 1 saturated heterocycles. The summed E-state index contributed by atoms with van der Waals surface area (Å²) >= 11 is 0. The average molecular weight is 392 g/mol. The van der Waals surface area contributed by atoms with E-state index in [0.717, 1.165) is 4.90 Å². The van der Waals surface area contributed by atoms with Gasteiger partial charge in [-0.15, -0.1) is 0 Å². The van der Waals surface area contributed by atoms with Gasteiger partial charge in [-0.3, -0.25) is 24.6 Å². The number of aliphatic hydroxyl groups excluding tert-OH is 1. The van der Waals surface area contributed by atoms with E-state index in [-0.39, 0.29) is 30.9 Å². The van der Waals surface area contributed by atoms with E-state index in [9.17, 15) is 19.5 Å². The number of ether oxygens (including phenoxy) is 3. The highest BCUT2D eigenvalue weighted by Crippen LogP contribution is 2.36. The average Bonchev–Trinajstić information content (AvgIpc) is 2.91. The van der Waals surface area contributed by atoms with E-state index in [4.69, 9.17) is 14.2 Å². The van der Waals surface area contributed by atoms with E-state index in [1.165, 1.54) is 6.07 Å². The minimum Gasteiger partial charge on any atom is -0.488 e. The van der Waals surface area contributed by atoms with Gasteiger partial charge in [0.25, 0.3) is 5.91 Å². The number of imide groups is 1. The summed E-state index contributed by atoms with van der Waals surface area (Å²) in [4.78, 5) is 37.4. The molecule has 0 radical (unpaired) electrons. The summed E-state index contributed by atoms with van der Waals surface area (Å²) in [6.07, 6.45) is -1.48. The van der Waals surface area contributed by atoms with Gasteiger partial charge in [0.2, 0.25) is 11.8 Å². The number of aliphatic hydroxyl groups is 1. The van der Waals surface area contributed by atoms with E-state index < -0.39 is 30.4 Å². The third kappa shape index (κ3) is 4.01. The summed E-state index contributed by atoms with van der Waals surface area (Å²) in [5, 5.41) is 12.8. The van der Waals surface area contributed by atoms with Crippen molar-refractivity contribution in [1.29, 1.82) is 0 Å². The molecule has 3 amide bonds. The molecule has 1 fully saturated rings. The SMILES string of the molecule is CCOC(COc1ccc2c(c1)C(=O)N(C1CCC(=O)NC1=O)C2O)OCC. The molecule has 2 aliphatic heterocycles. The lowest BCUT2D eigenvalue weighted by Crippen LogP contribution is -2.53. The van der Waals surface area contributed by atoms with Crippen LogP contribution >= 0.6 is 0 Å². The van der Waals surface area contributed by atoms with Gasteiger partial charge in [-0.05, 0) is 32.4 Å². The summed E-state index contributed by atoms with van der Waals surface area (Å²) in [5.74, 6) is -1.01. The Balaban J connectivity index is 1.73. The molecule has 9 heteroatoms. The van der Waals surface area contributed by atoms with Crippen molar-refractivity contribution >= 4 is 17.7 Å². The number of carbonyl (C=O) groups excluding carboxylic acids is 3. The quantitative estimate of drug-likeness (QED) is 0.495. The molecule has 9 nitrogen and oxygen atoms in total. The zero-order valence-electron chi connectivity index (χ0n) is 15.8. The summed E-state index contributed by atoms with van der Waals surface area (Å²) in [7, 11) is 0. The molecule has 0 aromatic heterocycles. The maximum atomic E-state index is 12.8. The lowest BCUT2D eigenvalue weighted by molar-refractivity contribution is -0.152. The summed E-state index contributed by atoms with van der Waals surface area (Å²) < 4.78 is 16.5. The lowest BCUT2D eigenvalue weighted by atomic mass is 10.0. The van der Waals surface area contributed by atoms with E-state index in [1.807, 2.05) is 13.8 Å². The standard InChI is InChI=1S/C19H24N2O7/c1-3-26-16(27-4-2)10-28-11-5-6-12-13(9-11)19(25)21(18(12)24)14-7-8-15(22)20-17(14)23/h5-6,9,14,16,18,24H,3-4,7-8,10H2,1-2H3,(H,20,22,23). The molecule has 0 saturated carbocycles. The van der Waals surface area contributed by atoms with Gasteiger partial charge in [0.1, 0.15) is 18.4 Å². The molecule has 152 valence electrons. The number of nitrogens with zero attached hydrogens (tertiary/aromatic N) is 1. The van der Waals surface area contributed by atoms with Gasteiger partial charge in [-0.2, -0.15) is 0 Å². The Labute approximate surface area is 162 Å². The van der Waals surface area contributed by atoms with E-state index in [0.29, 0.717) is 24.5 Å². The Morgan fingerprint density at radius 3 is 2.57 bits per heavy atom. The van der Waals surface area contributed by atoms with Crippen LogP contribution in [0.4, 0.5) is 0 Å². The van der Waals surface area contributed by atoms with Crippen LogP contribution in [0.15, 0.2) is 18.2 Å². The van der Waals surface area contributed by atoms with Crippen LogP contribution in [0.2, 0.25) is 0 Å². The zero-order chi connectivity index (χ0) is 20.3. The van der Waals surface area contributed by atoms with Gasteiger partial charge < -0.3 is 19.3 Å². The molecule has 2 N–H and O–H groups in total. The van der Waals surface area contributed by atoms with Gasteiger partial charge in [0.05, 0.1) is 5.56 Å². The first-order chi connectivity index (χ1) is 13.5. The van der Waals surface area contributed by atoms with Crippen LogP contribution in [0.25, 0.3) is 0 Å². The summed E-state index contributed by atoms with van der Waals surface area (Å²) in [5.41, 5.74) is 0.660. The molecule has 28 heavy (non-hydrogen) atoms. The van der Waals surface area contributed by atoms with Crippen LogP contribution in [0.5, 0.6) is 5.75 Å². The smallest absolute Gasteiger partial charge is 0.257 e. The number of fused-ring (bicyclic) bond motifs is 1. The number of benzene rings is 1. The summed E-state index contributed by atoms with van der Waals surface area (Å²) in [6.45, 7) is 4.80. The molecule has 1 aromatic rings. The van der Waals surface area contributed by atoms with Crippen LogP contribution in [-0.4, -0.2) is 59.9 Å². The molecule has 0 bridgehead atoms. The van der Waals surface area contributed by atoms with Crippen LogP contribution in [-0.2, 0) is 19.1 Å². The number of rotatable bonds is 8. The fourth-order valence-electron chi connectivity index (χ4n) is 3.38. The number of amides is 3. The highest BCUT2D eigenvalue weighted by molar-refractivity contribution is 6.05.